The molecule has 12 rings (SSSR count). The summed E-state index contributed by atoms with van der Waals surface area (Å²) in [6.45, 7) is 4.68. The Morgan fingerprint density at radius 1 is 0.288 bits per heavy atom. The lowest BCUT2D eigenvalue weighted by atomic mass is 9.81. The third-order valence-corrected chi connectivity index (χ3v) is 12.7. The molecule has 0 saturated heterocycles. The Balaban J connectivity index is 1.04. The molecule has 276 valence electrons. The number of hydrogen-bond donors (Lipinski definition) is 0. The summed E-state index contributed by atoms with van der Waals surface area (Å²) < 4.78 is 0. The van der Waals surface area contributed by atoms with Crippen molar-refractivity contribution < 1.29 is 0 Å². The maximum atomic E-state index is 5.29. The van der Waals surface area contributed by atoms with Gasteiger partial charge in [0, 0.05) is 22.1 Å². The van der Waals surface area contributed by atoms with Gasteiger partial charge in [0.2, 0.25) is 0 Å². The van der Waals surface area contributed by atoms with Crippen LogP contribution in [0.25, 0.3) is 110 Å². The normalized spacial score (nSPS) is 13.1. The summed E-state index contributed by atoms with van der Waals surface area (Å²) in [5.41, 5.74) is 10.6. The van der Waals surface area contributed by atoms with Crippen molar-refractivity contribution in [1.82, 2.24) is 15.0 Å². The highest BCUT2D eigenvalue weighted by Crippen LogP contribution is 2.50. The molecule has 3 heteroatoms. The minimum Gasteiger partial charge on any atom is -0.208 e. The molecule has 0 N–H and O–H groups in total. The Bertz CT molecular complexity index is 3410. The number of benzene rings is 10. The van der Waals surface area contributed by atoms with Crippen molar-refractivity contribution in [3.8, 4) is 56.4 Å². The summed E-state index contributed by atoms with van der Waals surface area (Å²) in [4.78, 5) is 15.8. The predicted octanol–water partition coefficient (Wildman–Crippen LogP) is 14.6. The van der Waals surface area contributed by atoms with E-state index >= 15 is 0 Å². The lowest BCUT2D eigenvalue weighted by Crippen LogP contribution is -2.14. The topological polar surface area (TPSA) is 38.7 Å². The van der Waals surface area contributed by atoms with Crippen LogP contribution in [0.4, 0.5) is 0 Å². The lowest BCUT2D eigenvalue weighted by Gasteiger charge is -2.22. The summed E-state index contributed by atoms with van der Waals surface area (Å²) in [7, 11) is 0. The van der Waals surface area contributed by atoms with E-state index in [2.05, 4.69) is 202 Å². The van der Waals surface area contributed by atoms with Crippen molar-refractivity contribution >= 4 is 53.9 Å². The number of hydrogen-bond acceptors (Lipinski definition) is 3. The average molecular weight is 752 g/mol. The Kier molecular flexibility index (Phi) is 7.27. The van der Waals surface area contributed by atoms with Gasteiger partial charge in [0.15, 0.2) is 17.5 Å². The minimum atomic E-state index is -0.0823. The zero-order valence-corrected chi connectivity index (χ0v) is 32.7. The Morgan fingerprint density at radius 2 is 0.729 bits per heavy atom. The monoisotopic (exact) mass is 751 g/mol. The highest BCUT2D eigenvalue weighted by molar-refractivity contribution is 6.10. The second kappa shape index (κ2) is 12.8. The maximum absolute atomic E-state index is 5.29. The van der Waals surface area contributed by atoms with Crippen LogP contribution >= 0.6 is 0 Å². The molecule has 1 aliphatic carbocycles. The number of fused-ring (bicyclic) bond motifs is 10. The van der Waals surface area contributed by atoms with Gasteiger partial charge in [-0.15, -0.1) is 0 Å². The van der Waals surface area contributed by atoms with Crippen molar-refractivity contribution in [2.45, 2.75) is 19.3 Å². The smallest absolute Gasteiger partial charge is 0.164 e. The lowest BCUT2D eigenvalue weighted by molar-refractivity contribution is 0.660. The van der Waals surface area contributed by atoms with Crippen LogP contribution in [0.2, 0.25) is 0 Å². The van der Waals surface area contributed by atoms with E-state index in [9.17, 15) is 0 Å². The molecule has 0 saturated carbocycles. The molecule has 1 aliphatic rings. The molecule has 0 radical (unpaired) electrons. The van der Waals surface area contributed by atoms with Gasteiger partial charge < -0.3 is 0 Å². The fraction of sp³-hybridized carbons (Fsp3) is 0.0536. The molecule has 3 nitrogen and oxygen atoms in total. The van der Waals surface area contributed by atoms with Gasteiger partial charge in [-0.2, -0.15) is 0 Å². The molecule has 1 aromatic heterocycles. The van der Waals surface area contributed by atoms with Crippen molar-refractivity contribution in [3.05, 3.63) is 199 Å². The first-order valence-corrected chi connectivity index (χ1v) is 20.3. The third kappa shape index (κ3) is 5.25. The second-order valence-corrected chi connectivity index (χ2v) is 16.4. The molecule has 10 aromatic carbocycles. The van der Waals surface area contributed by atoms with Crippen molar-refractivity contribution in [2.75, 3.05) is 0 Å². The summed E-state index contributed by atoms with van der Waals surface area (Å²) >= 11 is 0. The molecule has 1 heterocycles. The van der Waals surface area contributed by atoms with E-state index in [1.807, 2.05) is 0 Å². The van der Waals surface area contributed by atoms with Crippen molar-refractivity contribution in [1.29, 1.82) is 0 Å². The zero-order chi connectivity index (χ0) is 39.2. The van der Waals surface area contributed by atoms with Gasteiger partial charge in [-0.05, 0) is 112 Å². The van der Waals surface area contributed by atoms with Gasteiger partial charge in [0.25, 0.3) is 0 Å². The van der Waals surface area contributed by atoms with Gasteiger partial charge in [-0.25, -0.2) is 15.0 Å². The minimum absolute atomic E-state index is 0.0823. The maximum Gasteiger partial charge on any atom is 0.164 e. The van der Waals surface area contributed by atoms with Crippen LogP contribution < -0.4 is 0 Å². The van der Waals surface area contributed by atoms with Crippen LogP contribution in [0.15, 0.2) is 188 Å². The fourth-order valence-electron chi connectivity index (χ4n) is 9.68. The first kappa shape index (κ1) is 33.6. The van der Waals surface area contributed by atoms with E-state index < -0.39 is 0 Å². The quantitative estimate of drug-likeness (QED) is 0.168. The number of aromatic nitrogens is 3. The molecule has 0 atom stereocenters. The van der Waals surface area contributed by atoms with E-state index in [-0.39, 0.29) is 5.41 Å². The highest BCUT2D eigenvalue weighted by atomic mass is 15.0. The van der Waals surface area contributed by atoms with Gasteiger partial charge in [-0.3, -0.25) is 0 Å². The Morgan fingerprint density at radius 3 is 1.37 bits per heavy atom. The molecule has 0 unspecified atom stereocenters. The summed E-state index contributed by atoms with van der Waals surface area (Å²) in [5.74, 6) is 1.94. The Labute approximate surface area is 342 Å². The van der Waals surface area contributed by atoms with Crippen LogP contribution in [0.3, 0.4) is 0 Å². The molecule has 0 fully saturated rings. The molecule has 0 spiro atoms. The summed E-state index contributed by atoms with van der Waals surface area (Å²) in [5, 5.41) is 11.9. The summed E-state index contributed by atoms with van der Waals surface area (Å²) in [6.07, 6.45) is 0. The van der Waals surface area contributed by atoms with E-state index in [4.69, 9.17) is 15.0 Å². The van der Waals surface area contributed by atoms with Crippen LogP contribution in [0.1, 0.15) is 25.0 Å². The molecular formula is C56H37N3. The van der Waals surface area contributed by atoms with Crippen LogP contribution in [-0.2, 0) is 5.41 Å². The zero-order valence-electron chi connectivity index (χ0n) is 32.7. The Hall–Kier alpha value is -7.49. The van der Waals surface area contributed by atoms with Crippen LogP contribution in [0.5, 0.6) is 0 Å². The third-order valence-electron chi connectivity index (χ3n) is 12.7. The van der Waals surface area contributed by atoms with E-state index in [0.717, 1.165) is 38.2 Å². The van der Waals surface area contributed by atoms with E-state index in [0.29, 0.717) is 17.5 Å². The van der Waals surface area contributed by atoms with Crippen molar-refractivity contribution in [3.63, 3.8) is 0 Å². The SMILES string of the molecule is CC1(C)c2ccccc2-c2ccc(-c3ccc(-c4nc(-c5ccc6c(ccc7ccccc76)c5)nc(-c5ccc6c(ccc7ccccc76)c5)n4)c4ccccc34)cc21. The van der Waals surface area contributed by atoms with Gasteiger partial charge in [-0.1, -0.05) is 178 Å². The van der Waals surface area contributed by atoms with E-state index in [1.54, 1.807) is 0 Å². The fourth-order valence-corrected chi connectivity index (χ4v) is 9.68. The molecule has 0 amide bonds. The van der Waals surface area contributed by atoms with Gasteiger partial charge in [0.05, 0.1) is 0 Å². The van der Waals surface area contributed by atoms with Crippen LogP contribution in [0, 0.1) is 0 Å². The number of nitrogens with zero attached hydrogens (tertiary/aromatic N) is 3. The predicted molar refractivity (Wildman–Crippen MR) is 247 cm³/mol. The number of rotatable bonds is 4. The molecule has 59 heavy (non-hydrogen) atoms. The largest absolute Gasteiger partial charge is 0.208 e. The second-order valence-electron chi connectivity index (χ2n) is 16.4. The molecule has 0 aliphatic heterocycles. The highest BCUT2D eigenvalue weighted by Gasteiger charge is 2.35. The van der Waals surface area contributed by atoms with Gasteiger partial charge in [0.1, 0.15) is 0 Å². The van der Waals surface area contributed by atoms with Crippen molar-refractivity contribution in [2.24, 2.45) is 0 Å². The summed E-state index contributed by atoms with van der Waals surface area (Å²) in [6, 6.07) is 68.0. The van der Waals surface area contributed by atoms with Crippen LogP contribution in [-0.4, -0.2) is 15.0 Å². The van der Waals surface area contributed by atoms with E-state index in [1.165, 1.54) is 65.7 Å². The van der Waals surface area contributed by atoms with Gasteiger partial charge >= 0.3 is 0 Å². The molecule has 0 bridgehead atoms. The average Bonchev–Trinajstić information content (AvgIpc) is 3.53. The molecular weight excluding hydrogens is 715 g/mol. The first-order chi connectivity index (χ1) is 29.0. The standard InChI is InChI=1S/C56H37N3/c1-56(2)51-18-10-9-17-48(51)49-28-23-38(33-52(49)56)45-29-30-50(47-16-8-7-15-46(45)47)55-58-53(39-24-26-43-36(31-39)21-19-34-11-3-5-13-41(34)43)57-54(59-55)40-25-27-44-37(32-40)22-20-35-12-4-6-14-42(35)44/h3-33H,1-2H3. The molecule has 11 aromatic rings. The first-order valence-electron chi connectivity index (χ1n) is 20.3.